The zero-order valence-corrected chi connectivity index (χ0v) is 21.2. The third-order valence-electron chi connectivity index (χ3n) is 7.24. The first-order valence-corrected chi connectivity index (χ1v) is 12.9. The van der Waals surface area contributed by atoms with Crippen molar-refractivity contribution in [2.45, 2.75) is 51.6 Å². The van der Waals surface area contributed by atoms with Crippen LogP contribution in [0.25, 0.3) is 10.9 Å². The summed E-state index contributed by atoms with van der Waals surface area (Å²) in [6, 6.07) is 6.81. The van der Waals surface area contributed by atoms with Crippen LogP contribution in [0.2, 0.25) is 0 Å². The molecular formula is C28H32FN3O5. The van der Waals surface area contributed by atoms with E-state index in [0.29, 0.717) is 43.4 Å². The Morgan fingerprint density at radius 2 is 2.05 bits per heavy atom. The van der Waals surface area contributed by atoms with Crippen molar-refractivity contribution in [3.63, 3.8) is 0 Å². The number of carbonyl (C=O) groups excluding carboxylic acids is 1. The van der Waals surface area contributed by atoms with Crippen LogP contribution in [-0.4, -0.2) is 54.5 Å². The number of nitrogens with zero attached hydrogens (tertiary/aromatic N) is 3. The maximum absolute atomic E-state index is 15.6. The van der Waals surface area contributed by atoms with Crippen molar-refractivity contribution in [3.8, 4) is 5.88 Å². The molecule has 0 spiro atoms. The molecule has 37 heavy (non-hydrogen) atoms. The molecule has 0 radical (unpaired) electrons. The monoisotopic (exact) mass is 509 g/mol. The SMILES string of the molecule is CCOC(=O)c1cn(C2CCOCC2)c2cc(N3CCC[C@@H]3COc3ncccc3C)c(F)cc2c1=O. The lowest BCUT2D eigenvalue weighted by Gasteiger charge is -2.30. The number of hydrogen-bond donors (Lipinski definition) is 0. The minimum absolute atomic E-state index is 0.0215. The molecule has 1 aromatic carbocycles. The van der Waals surface area contributed by atoms with Crippen molar-refractivity contribution in [3.05, 3.63) is 63.8 Å². The molecule has 1 atom stereocenters. The highest BCUT2D eigenvalue weighted by atomic mass is 19.1. The number of aromatic nitrogens is 2. The van der Waals surface area contributed by atoms with E-state index in [2.05, 4.69) is 4.98 Å². The molecule has 3 aromatic rings. The predicted molar refractivity (Wildman–Crippen MR) is 138 cm³/mol. The van der Waals surface area contributed by atoms with Crippen LogP contribution in [0.3, 0.4) is 0 Å². The number of rotatable bonds is 7. The third-order valence-corrected chi connectivity index (χ3v) is 7.24. The molecule has 2 fully saturated rings. The predicted octanol–water partition coefficient (Wildman–Crippen LogP) is 4.42. The first-order valence-electron chi connectivity index (χ1n) is 12.9. The first kappa shape index (κ1) is 25.2. The fourth-order valence-corrected chi connectivity index (χ4v) is 5.32. The minimum atomic E-state index is -0.693. The van der Waals surface area contributed by atoms with Crippen molar-refractivity contribution in [2.75, 3.05) is 37.9 Å². The van der Waals surface area contributed by atoms with Gasteiger partial charge in [-0.25, -0.2) is 14.2 Å². The van der Waals surface area contributed by atoms with Crippen LogP contribution in [0.15, 0.2) is 41.5 Å². The first-order chi connectivity index (χ1) is 18.0. The molecule has 4 heterocycles. The summed E-state index contributed by atoms with van der Waals surface area (Å²) in [6.07, 6.45) is 6.50. The Morgan fingerprint density at radius 3 is 2.81 bits per heavy atom. The van der Waals surface area contributed by atoms with Crippen molar-refractivity contribution in [1.82, 2.24) is 9.55 Å². The number of carbonyl (C=O) groups is 1. The molecule has 2 saturated heterocycles. The van der Waals surface area contributed by atoms with Crippen LogP contribution in [0, 0.1) is 12.7 Å². The van der Waals surface area contributed by atoms with Gasteiger partial charge in [0.25, 0.3) is 0 Å². The quantitative estimate of drug-likeness (QED) is 0.436. The van der Waals surface area contributed by atoms with Crippen molar-refractivity contribution < 1.29 is 23.4 Å². The van der Waals surface area contributed by atoms with Gasteiger partial charge in [-0.15, -0.1) is 0 Å². The molecule has 2 aliphatic rings. The number of benzene rings is 1. The van der Waals surface area contributed by atoms with Gasteiger partial charge in [0.1, 0.15) is 18.0 Å². The smallest absolute Gasteiger partial charge is 0.343 e. The van der Waals surface area contributed by atoms with Gasteiger partial charge in [0.2, 0.25) is 11.3 Å². The maximum Gasteiger partial charge on any atom is 0.343 e. The highest BCUT2D eigenvalue weighted by molar-refractivity contribution is 5.94. The van der Waals surface area contributed by atoms with E-state index in [-0.39, 0.29) is 29.6 Å². The van der Waals surface area contributed by atoms with Gasteiger partial charge in [0, 0.05) is 49.1 Å². The standard InChI is InChI=1S/C28H32FN3O5/c1-3-36-28(34)22-16-32(19-8-12-35-13-9-19)24-15-25(23(29)14-21(24)26(22)33)31-11-5-7-20(31)17-37-27-18(2)6-4-10-30-27/h4,6,10,14-16,19-20H,3,5,7-9,11-13,17H2,1-2H3/t20-/m1/s1. The highest BCUT2D eigenvalue weighted by Gasteiger charge is 2.30. The van der Waals surface area contributed by atoms with Crippen LogP contribution in [0.5, 0.6) is 5.88 Å². The summed E-state index contributed by atoms with van der Waals surface area (Å²) in [5.41, 5.74) is 1.39. The molecule has 2 aliphatic heterocycles. The highest BCUT2D eigenvalue weighted by Crippen LogP contribution is 2.33. The summed E-state index contributed by atoms with van der Waals surface area (Å²) in [5.74, 6) is -0.612. The molecule has 8 nitrogen and oxygen atoms in total. The maximum atomic E-state index is 15.6. The van der Waals surface area contributed by atoms with Gasteiger partial charge >= 0.3 is 5.97 Å². The lowest BCUT2D eigenvalue weighted by atomic mass is 10.0. The fourth-order valence-electron chi connectivity index (χ4n) is 5.32. The number of anilines is 1. The second kappa shape index (κ2) is 10.9. The normalized spacial score (nSPS) is 18.4. The third kappa shape index (κ3) is 5.05. The molecule has 0 unspecified atom stereocenters. The van der Waals surface area contributed by atoms with E-state index in [1.807, 2.05) is 28.5 Å². The molecular weight excluding hydrogens is 477 g/mol. The Labute approximate surface area is 215 Å². The van der Waals surface area contributed by atoms with Crippen molar-refractivity contribution in [2.24, 2.45) is 0 Å². The van der Waals surface area contributed by atoms with Gasteiger partial charge in [-0.3, -0.25) is 4.79 Å². The van der Waals surface area contributed by atoms with Gasteiger partial charge in [0.05, 0.1) is 23.9 Å². The zero-order chi connectivity index (χ0) is 25.9. The number of pyridine rings is 2. The van der Waals surface area contributed by atoms with Gasteiger partial charge in [-0.1, -0.05) is 6.07 Å². The van der Waals surface area contributed by atoms with E-state index in [0.717, 1.165) is 31.2 Å². The lowest BCUT2D eigenvalue weighted by molar-refractivity contribution is 0.0522. The van der Waals surface area contributed by atoms with Crippen molar-refractivity contribution >= 4 is 22.6 Å². The summed E-state index contributed by atoms with van der Waals surface area (Å²) in [6.45, 7) is 6.01. The summed E-state index contributed by atoms with van der Waals surface area (Å²) < 4.78 is 34.2. The Bertz CT molecular complexity index is 1350. The molecule has 0 aliphatic carbocycles. The number of fused-ring (bicyclic) bond motifs is 1. The number of esters is 1. The van der Waals surface area contributed by atoms with E-state index in [1.54, 1.807) is 25.4 Å². The molecule has 9 heteroatoms. The number of halogens is 1. The topological polar surface area (TPSA) is 82.9 Å². The summed E-state index contributed by atoms with van der Waals surface area (Å²) >= 11 is 0. The van der Waals surface area contributed by atoms with E-state index < -0.39 is 17.2 Å². The van der Waals surface area contributed by atoms with Crippen LogP contribution >= 0.6 is 0 Å². The van der Waals surface area contributed by atoms with Crippen LogP contribution in [0.1, 0.15) is 54.6 Å². The second-order valence-corrected chi connectivity index (χ2v) is 9.59. The molecule has 2 aromatic heterocycles. The molecule has 5 rings (SSSR count). The Morgan fingerprint density at radius 1 is 1.24 bits per heavy atom. The van der Waals surface area contributed by atoms with Crippen LogP contribution < -0.4 is 15.1 Å². The summed E-state index contributed by atoms with van der Waals surface area (Å²) in [4.78, 5) is 32.2. The van der Waals surface area contributed by atoms with Crippen molar-refractivity contribution in [1.29, 1.82) is 0 Å². The summed E-state index contributed by atoms with van der Waals surface area (Å²) in [7, 11) is 0. The van der Waals surface area contributed by atoms with Crippen LogP contribution in [-0.2, 0) is 9.47 Å². The van der Waals surface area contributed by atoms with E-state index in [4.69, 9.17) is 14.2 Å². The largest absolute Gasteiger partial charge is 0.475 e. The number of ether oxygens (including phenoxy) is 3. The fraction of sp³-hybridized carbons (Fsp3) is 0.464. The average Bonchev–Trinajstić information content (AvgIpc) is 3.37. The molecule has 0 saturated carbocycles. The number of aryl methyl sites for hydroxylation is 1. The van der Waals surface area contributed by atoms with E-state index in [9.17, 15) is 9.59 Å². The van der Waals surface area contributed by atoms with Gasteiger partial charge in [0.15, 0.2) is 0 Å². The Kier molecular flexibility index (Phi) is 7.41. The molecule has 0 bridgehead atoms. The average molecular weight is 510 g/mol. The lowest BCUT2D eigenvalue weighted by Crippen LogP contribution is -2.35. The van der Waals surface area contributed by atoms with Gasteiger partial charge < -0.3 is 23.7 Å². The van der Waals surface area contributed by atoms with Gasteiger partial charge in [-0.05, 0) is 57.7 Å². The molecule has 196 valence electrons. The zero-order valence-electron chi connectivity index (χ0n) is 21.2. The Hall–Kier alpha value is -3.46. The molecule has 0 amide bonds. The summed E-state index contributed by atoms with van der Waals surface area (Å²) in [5, 5.41) is 0.175. The Balaban J connectivity index is 1.54. The van der Waals surface area contributed by atoms with E-state index in [1.165, 1.54) is 6.07 Å². The molecule has 0 N–H and O–H groups in total. The van der Waals surface area contributed by atoms with Crippen LogP contribution in [0.4, 0.5) is 10.1 Å². The second-order valence-electron chi connectivity index (χ2n) is 9.59. The number of hydrogen-bond acceptors (Lipinski definition) is 7. The minimum Gasteiger partial charge on any atom is -0.475 e. The van der Waals surface area contributed by atoms with Gasteiger partial charge in [-0.2, -0.15) is 0 Å². The van der Waals surface area contributed by atoms with E-state index >= 15 is 4.39 Å².